The molecule has 0 aliphatic carbocycles. The maximum Gasteiger partial charge on any atom is 0.271 e. The predicted octanol–water partition coefficient (Wildman–Crippen LogP) is 2.58. The molecule has 144 valence electrons. The van der Waals surface area contributed by atoms with E-state index in [1.54, 1.807) is 18.3 Å². The maximum atomic E-state index is 11.0. The van der Waals surface area contributed by atoms with Gasteiger partial charge in [-0.05, 0) is 39.0 Å². The summed E-state index contributed by atoms with van der Waals surface area (Å²) >= 11 is 0. The summed E-state index contributed by atoms with van der Waals surface area (Å²) in [4.78, 5) is 30.3. The Hall–Kier alpha value is -3.40. The molecule has 1 saturated heterocycles. The van der Waals surface area contributed by atoms with Crippen molar-refractivity contribution in [2.24, 2.45) is 0 Å². The number of nitro groups is 1. The molecule has 1 aliphatic rings. The van der Waals surface area contributed by atoms with Crippen LogP contribution in [0.4, 0.5) is 23.1 Å². The molecule has 2 N–H and O–H groups in total. The van der Waals surface area contributed by atoms with Crippen LogP contribution in [-0.2, 0) is 0 Å². The summed E-state index contributed by atoms with van der Waals surface area (Å²) < 4.78 is 0. The van der Waals surface area contributed by atoms with E-state index in [1.165, 1.54) is 18.5 Å². The number of nitrogens with one attached hydrogen (secondary N) is 2. The third-order valence-electron chi connectivity index (χ3n) is 4.75. The van der Waals surface area contributed by atoms with Crippen molar-refractivity contribution in [3.63, 3.8) is 0 Å². The minimum absolute atomic E-state index is 0.00242. The van der Waals surface area contributed by atoms with Gasteiger partial charge in [0.05, 0.1) is 11.1 Å². The molecule has 2 aromatic heterocycles. The number of benzene rings is 1. The van der Waals surface area contributed by atoms with E-state index in [9.17, 15) is 10.1 Å². The quantitative estimate of drug-likeness (QED) is 0.508. The van der Waals surface area contributed by atoms with Crippen LogP contribution in [0, 0.1) is 10.1 Å². The maximum absolute atomic E-state index is 11.0. The number of piperidine rings is 1. The molecule has 0 unspecified atom stereocenters. The zero-order chi connectivity index (χ0) is 19.5. The fraction of sp³-hybridized carbons (Fsp3) is 0.333. The molecular formula is C18H20N8O2. The lowest BCUT2D eigenvalue weighted by molar-refractivity contribution is -0.384. The van der Waals surface area contributed by atoms with Crippen LogP contribution in [0.2, 0.25) is 0 Å². The highest BCUT2D eigenvalue weighted by Gasteiger charge is 2.18. The van der Waals surface area contributed by atoms with Crippen LogP contribution in [0.3, 0.4) is 0 Å². The Labute approximate surface area is 161 Å². The van der Waals surface area contributed by atoms with Crippen LogP contribution in [0.1, 0.15) is 12.8 Å². The molecule has 0 bridgehead atoms. The van der Waals surface area contributed by atoms with Crippen LogP contribution in [0.5, 0.6) is 0 Å². The van der Waals surface area contributed by atoms with E-state index in [1.807, 2.05) is 0 Å². The van der Waals surface area contributed by atoms with Gasteiger partial charge in [-0.3, -0.25) is 10.1 Å². The summed E-state index contributed by atoms with van der Waals surface area (Å²) in [5.41, 5.74) is 1.71. The van der Waals surface area contributed by atoms with Crippen LogP contribution < -0.4 is 10.6 Å². The molecule has 1 aromatic carbocycles. The van der Waals surface area contributed by atoms with Gasteiger partial charge in [0.1, 0.15) is 17.4 Å². The zero-order valence-corrected chi connectivity index (χ0v) is 15.4. The van der Waals surface area contributed by atoms with Crippen LogP contribution >= 0.6 is 0 Å². The van der Waals surface area contributed by atoms with Crippen LogP contribution in [0.15, 0.2) is 36.8 Å². The molecule has 1 aliphatic heterocycles. The molecule has 0 radical (unpaired) electrons. The molecule has 0 atom stereocenters. The minimum Gasteiger partial charge on any atom is -0.351 e. The molecule has 0 saturated carbocycles. The van der Waals surface area contributed by atoms with Crippen molar-refractivity contribution in [2.75, 3.05) is 30.8 Å². The number of anilines is 3. The number of hydrogen-bond donors (Lipinski definition) is 2. The van der Waals surface area contributed by atoms with Crippen molar-refractivity contribution < 1.29 is 4.92 Å². The fourth-order valence-corrected chi connectivity index (χ4v) is 3.18. The Bertz CT molecular complexity index is 1000. The van der Waals surface area contributed by atoms with E-state index >= 15 is 0 Å². The third-order valence-corrected chi connectivity index (χ3v) is 4.75. The Balaban J connectivity index is 1.60. The highest BCUT2D eigenvalue weighted by atomic mass is 16.6. The molecule has 0 spiro atoms. The van der Waals surface area contributed by atoms with Crippen molar-refractivity contribution in [2.45, 2.75) is 18.9 Å². The van der Waals surface area contributed by atoms with E-state index in [0.29, 0.717) is 34.5 Å². The SMILES string of the molecule is CN1CCC(Nc2ncc3ncnc(Nc4cccc([N+](=O)[O-])c4)c3n2)CC1. The minimum atomic E-state index is -0.435. The largest absolute Gasteiger partial charge is 0.351 e. The average Bonchev–Trinajstić information content (AvgIpc) is 2.70. The summed E-state index contributed by atoms with van der Waals surface area (Å²) in [6.07, 6.45) is 5.12. The zero-order valence-electron chi connectivity index (χ0n) is 15.4. The summed E-state index contributed by atoms with van der Waals surface area (Å²) in [7, 11) is 2.12. The smallest absolute Gasteiger partial charge is 0.271 e. The topological polar surface area (TPSA) is 122 Å². The standard InChI is InChI=1S/C18H20N8O2/c1-25-7-5-12(6-8-25)23-18-19-10-15-16(24-18)17(21-11-20-15)22-13-3-2-4-14(9-13)26(27)28/h2-4,9-12H,5-8H2,1H3,(H,19,23,24)(H,20,21,22). The number of nitrogens with zero attached hydrogens (tertiary/aromatic N) is 6. The Kier molecular flexibility index (Phi) is 4.94. The Morgan fingerprint density at radius 3 is 2.82 bits per heavy atom. The first-order chi connectivity index (χ1) is 13.6. The summed E-state index contributed by atoms with van der Waals surface area (Å²) in [5.74, 6) is 0.998. The average molecular weight is 380 g/mol. The molecule has 4 rings (SSSR count). The van der Waals surface area contributed by atoms with Crippen LogP contribution in [0.25, 0.3) is 11.0 Å². The van der Waals surface area contributed by atoms with Gasteiger partial charge in [-0.1, -0.05) is 6.07 Å². The number of aromatic nitrogens is 4. The van der Waals surface area contributed by atoms with Gasteiger partial charge in [0, 0.05) is 23.9 Å². The lowest BCUT2D eigenvalue weighted by Gasteiger charge is -2.29. The molecule has 3 aromatic rings. The van der Waals surface area contributed by atoms with Crippen molar-refractivity contribution in [3.8, 4) is 0 Å². The lowest BCUT2D eigenvalue weighted by atomic mass is 10.1. The molecule has 10 heteroatoms. The van der Waals surface area contributed by atoms with Gasteiger partial charge in [-0.2, -0.15) is 0 Å². The summed E-state index contributed by atoms with van der Waals surface area (Å²) in [6, 6.07) is 6.57. The molecule has 0 amide bonds. The number of rotatable bonds is 5. The van der Waals surface area contributed by atoms with Gasteiger partial charge in [0.25, 0.3) is 5.69 Å². The molecule has 1 fully saturated rings. The number of hydrogen-bond acceptors (Lipinski definition) is 9. The number of nitro benzene ring substituents is 1. The number of fused-ring (bicyclic) bond motifs is 1. The molecular weight excluding hydrogens is 360 g/mol. The van der Waals surface area contributed by atoms with Gasteiger partial charge in [0.15, 0.2) is 5.82 Å². The summed E-state index contributed by atoms with van der Waals surface area (Å²) in [5, 5.41) is 17.5. The Morgan fingerprint density at radius 2 is 2.04 bits per heavy atom. The lowest BCUT2D eigenvalue weighted by Crippen LogP contribution is -2.37. The predicted molar refractivity (Wildman–Crippen MR) is 106 cm³/mol. The number of likely N-dealkylation sites (tertiary alicyclic amines) is 1. The normalized spacial score (nSPS) is 15.5. The van der Waals surface area contributed by atoms with Crippen molar-refractivity contribution >= 4 is 34.2 Å². The molecule has 10 nitrogen and oxygen atoms in total. The Morgan fingerprint density at radius 1 is 1.21 bits per heavy atom. The second-order valence-corrected chi connectivity index (χ2v) is 6.80. The summed E-state index contributed by atoms with van der Waals surface area (Å²) in [6.45, 7) is 2.07. The van der Waals surface area contributed by atoms with Crippen molar-refractivity contribution in [1.29, 1.82) is 0 Å². The first-order valence-electron chi connectivity index (χ1n) is 9.03. The van der Waals surface area contributed by atoms with E-state index < -0.39 is 4.92 Å². The fourth-order valence-electron chi connectivity index (χ4n) is 3.18. The second kappa shape index (κ2) is 7.69. The van der Waals surface area contributed by atoms with Gasteiger partial charge in [0.2, 0.25) is 5.95 Å². The highest BCUT2D eigenvalue weighted by Crippen LogP contribution is 2.24. The third kappa shape index (κ3) is 3.96. The first-order valence-corrected chi connectivity index (χ1v) is 9.03. The van der Waals surface area contributed by atoms with E-state index in [0.717, 1.165) is 25.9 Å². The van der Waals surface area contributed by atoms with E-state index in [2.05, 4.69) is 42.5 Å². The van der Waals surface area contributed by atoms with Gasteiger partial charge in [-0.25, -0.2) is 19.9 Å². The second-order valence-electron chi connectivity index (χ2n) is 6.80. The van der Waals surface area contributed by atoms with Crippen molar-refractivity contribution in [3.05, 3.63) is 46.9 Å². The van der Waals surface area contributed by atoms with E-state index in [-0.39, 0.29) is 5.69 Å². The van der Waals surface area contributed by atoms with Gasteiger partial charge < -0.3 is 15.5 Å². The van der Waals surface area contributed by atoms with Crippen LogP contribution in [-0.4, -0.2) is 55.9 Å². The van der Waals surface area contributed by atoms with Gasteiger partial charge >= 0.3 is 0 Å². The van der Waals surface area contributed by atoms with Gasteiger partial charge in [-0.15, -0.1) is 0 Å². The monoisotopic (exact) mass is 380 g/mol. The number of non-ortho nitro benzene ring substituents is 1. The molecule has 3 heterocycles. The van der Waals surface area contributed by atoms with Crippen molar-refractivity contribution in [1.82, 2.24) is 24.8 Å². The first kappa shape index (κ1) is 18.0. The van der Waals surface area contributed by atoms with E-state index in [4.69, 9.17) is 0 Å². The molecule has 28 heavy (non-hydrogen) atoms. The highest BCUT2D eigenvalue weighted by molar-refractivity contribution is 5.87.